The highest BCUT2D eigenvalue weighted by Crippen LogP contribution is 2.32. The molecule has 4 rings (SSSR count). The lowest BCUT2D eigenvalue weighted by Gasteiger charge is -2.31. The van der Waals surface area contributed by atoms with Crippen LogP contribution in [-0.2, 0) is 4.79 Å². The molecule has 0 saturated carbocycles. The summed E-state index contributed by atoms with van der Waals surface area (Å²) in [6.07, 6.45) is 1.36. The van der Waals surface area contributed by atoms with Crippen LogP contribution in [0.1, 0.15) is 33.6 Å². The number of Topliss-reactive ketones (excluding diaryl/α,β-unsaturated/α-hetero) is 1. The topological polar surface area (TPSA) is 66.5 Å². The first kappa shape index (κ1) is 17.8. The van der Waals surface area contributed by atoms with Crippen LogP contribution in [-0.4, -0.2) is 41.3 Å². The number of carbonyl (C=O) groups is 3. The predicted octanol–water partition coefficient (Wildman–Crippen LogP) is 3.47. The Kier molecular flexibility index (Phi) is 4.99. The standard InChI is InChI=1S/C21H20N2O3S/c24-19-13-27-18-7-6-16(12-17(18)22-19)21(26)23-10-8-15(9-11-23)20(25)14-4-2-1-3-5-14/h1-7,12,15H,8-11,13H2,(H,22,24). The van der Waals surface area contributed by atoms with Gasteiger partial charge in [0.1, 0.15) is 0 Å². The maximum Gasteiger partial charge on any atom is 0.253 e. The van der Waals surface area contributed by atoms with E-state index in [2.05, 4.69) is 5.32 Å². The summed E-state index contributed by atoms with van der Waals surface area (Å²) < 4.78 is 0. The Morgan fingerprint density at radius 2 is 1.74 bits per heavy atom. The molecule has 6 heteroatoms. The number of rotatable bonds is 3. The zero-order chi connectivity index (χ0) is 18.8. The number of nitrogens with one attached hydrogen (secondary N) is 1. The van der Waals surface area contributed by atoms with Crippen LogP contribution in [0.5, 0.6) is 0 Å². The molecule has 1 saturated heterocycles. The zero-order valence-corrected chi connectivity index (χ0v) is 15.6. The van der Waals surface area contributed by atoms with Gasteiger partial charge in [-0.25, -0.2) is 0 Å². The third-order valence-electron chi connectivity index (χ3n) is 5.07. The summed E-state index contributed by atoms with van der Waals surface area (Å²) in [6.45, 7) is 1.14. The van der Waals surface area contributed by atoms with Gasteiger partial charge in [0.25, 0.3) is 5.91 Å². The van der Waals surface area contributed by atoms with Crippen LogP contribution in [0.25, 0.3) is 0 Å². The van der Waals surface area contributed by atoms with Gasteiger partial charge in [-0.05, 0) is 31.0 Å². The number of benzene rings is 2. The van der Waals surface area contributed by atoms with Crippen molar-refractivity contribution < 1.29 is 14.4 Å². The van der Waals surface area contributed by atoms with Gasteiger partial charge in [-0.1, -0.05) is 30.3 Å². The van der Waals surface area contributed by atoms with Gasteiger partial charge in [0.15, 0.2) is 5.78 Å². The van der Waals surface area contributed by atoms with Crippen LogP contribution >= 0.6 is 11.8 Å². The van der Waals surface area contributed by atoms with Crippen LogP contribution < -0.4 is 5.32 Å². The number of amides is 2. The Balaban J connectivity index is 1.41. The van der Waals surface area contributed by atoms with E-state index in [1.807, 2.05) is 42.5 Å². The first-order valence-corrected chi connectivity index (χ1v) is 10.1. The van der Waals surface area contributed by atoms with Crippen LogP contribution in [0.15, 0.2) is 53.4 Å². The number of likely N-dealkylation sites (tertiary alicyclic amines) is 1. The number of nitrogens with zero attached hydrogens (tertiary/aromatic N) is 1. The summed E-state index contributed by atoms with van der Waals surface area (Å²) in [5, 5.41) is 2.82. The Morgan fingerprint density at radius 3 is 2.48 bits per heavy atom. The van der Waals surface area contributed by atoms with Crippen molar-refractivity contribution in [3.63, 3.8) is 0 Å². The quantitative estimate of drug-likeness (QED) is 0.828. The lowest BCUT2D eigenvalue weighted by atomic mass is 9.88. The second-order valence-corrected chi connectivity index (χ2v) is 7.86. The van der Waals surface area contributed by atoms with E-state index in [1.54, 1.807) is 11.0 Å². The zero-order valence-electron chi connectivity index (χ0n) is 14.8. The van der Waals surface area contributed by atoms with Crippen molar-refractivity contribution >= 4 is 35.0 Å². The number of hydrogen-bond acceptors (Lipinski definition) is 4. The highest BCUT2D eigenvalue weighted by Gasteiger charge is 2.29. The first-order valence-electron chi connectivity index (χ1n) is 9.07. The third kappa shape index (κ3) is 3.76. The van der Waals surface area contributed by atoms with Gasteiger partial charge in [0, 0.05) is 35.0 Å². The van der Waals surface area contributed by atoms with Gasteiger partial charge in [-0.3, -0.25) is 14.4 Å². The molecule has 1 N–H and O–H groups in total. The van der Waals surface area contributed by atoms with E-state index < -0.39 is 0 Å². The van der Waals surface area contributed by atoms with E-state index in [-0.39, 0.29) is 23.5 Å². The van der Waals surface area contributed by atoms with Crippen molar-refractivity contribution in [2.75, 3.05) is 24.2 Å². The molecule has 2 amide bonds. The summed E-state index contributed by atoms with van der Waals surface area (Å²) in [5.41, 5.74) is 2.02. The Bertz CT molecular complexity index is 890. The smallest absolute Gasteiger partial charge is 0.253 e. The maximum absolute atomic E-state index is 12.8. The van der Waals surface area contributed by atoms with Crippen molar-refractivity contribution in [2.45, 2.75) is 17.7 Å². The molecule has 2 aromatic rings. The number of carbonyl (C=O) groups excluding carboxylic acids is 3. The Labute approximate surface area is 162 Å². The molecule has 138 valence electrons. The minimum absolute atomic E-state index is 0.0318. The van der Waals surface area contributed by atoms with E-state index in [0.717, 1.165) is 10.5 Å². The summed E-state index contributed by atoms with van der Waals surface area (Å²) in [4.78, 5) is 39.8. The van der Waals surface area contributed by atoms with Crippen molar-refractivity contribution in [3.8, 4) is 0 Å². The van der Waals surface area contributed by atoms with E-state index in [4.69, 9.17) is 0 Å². The molecule has 2 heterocycles. The fourth-order valence-electron chi connectivity index (χ4n) is 3.58. The van der Waals surface area contributed by atoms with Crippen molar-refractivity contribution in [1.29, 1.82) is 0 Å². The van der Waals surface area contributed by atoms with Gasteiger partial charge >= 0.3 is 0 Å². The van der Waals surface area contributed by atoms with Gasteiger partial charge in [0.05, 0.1) is 11.4 Å². The van der Waals surface area contributed by atoms with Gasteiger partial charge < -0.3 is 10.2 Å². The summed E-state index contributed by atoms with van der Waals surface area (Å²) in [5.74, 6) is 0.445. The van der Waals surface area contributed by atoms with E-state index in [0.29, 0.717) is 42.9 Å². The minimum atomic E-state index is -0.0479. The van der Waals surface area contributed by atoms with Crippen molar-refractivity contribution in [2.24, 2.45) is 5.92 Å². The molecular formula is C21H20N2O3S. The first-order chi connectivity index (χ1) is 13.1. The molecule has 2 aliphatic heterocycles. The Morgan fingerprint density at radius 1 is 1.00 bits per heavy atom. The fraction of sp³-hybridized carbons (Fsp3) is 0.286. The molecule has 0 spiro atoms. The largest absolute Gasteiger partial charge is 0.339 e. The number of thioether (sulfide) groups is 1. The number of hydrogen-bond donors (Lipinski definition) is 1. The molecule has 1 fully saturated rings. The molecule has 0 radical (unpaired) electrons. The van der Waals surface area contributed by atoms with E-state index >= 15 is 0 Å². The van der Waals surface area contributed by atoms with Gasteiger partial charge in [0.2, 0.25) is 5.91 Å². The number of piperidine rings is 1. The lowest BCUT2D eigenvalue weighted by Crippen LogP contribution is -2.40. The highest BCUT2D eigenvalue weighted by molar-refractivity contribution is 8.00. The lowest BCUT2D eigenvalue weighted by molar-refractivity contribution is -0.113. The summed E-state index contributed by atoms with van der Waals surface area (Å²) >= 11 is 1.48. The third-order valence-corrected chi connectivity index (χ3v) is 6.14. The molecule has 2 aromatic carbocycles. The number of anilines is 1. The van der Waals surface area contributed by atoms with Crippen LogP contribution in [0.2, 0.25) is 0 Å². The maximum atomic E-state index is 12.8. The molecule has 0 bridgehead atoms. The number of ketones is 1. The molecule has 0 atom stereocenters. The molecular weight excluding hydrogens is 360 g/mol. The van der Waals surface area contributed by atoms with E-state index in [1.165, 1.54) is 11.8 Å². The predicted molar refractivity (Wildman–Crippen MR) is 105 cm³/mol. The fourth-order valence-corrected chi connectivity index (χ4v) is 4.37. The van der Waals surface area contributed by atoms with E-state index in [9.17, 15) is 14.4 Å². The van der Waals surface area contributed by atoms with Gasteiger partial charge in [-0.2, -0.15) is 0 Å². The SMILES string of the molecule is O=C1CSc2ccc(C(=O)N3CCC(C(=O)c4ccccc4)CC3)cc2N1. The van der Waals surface area contributed by atoms with Crippen LogP contribution in [0, 0.1) is 5.92 Å². The average Bonchev–Trinajstić information content (AvgIpc) is 2.73. The number of fused-ring (bicyclic) bond motifs is 1. The second kappa shape index (κ2) is 7.56. The summed E-state index contributed by atoms with van der Waals surface area (Å²) in [6, 6.07) is 14.8. The molecule has 2 aliphatic rings. The summed E-state index contributed by atoms with van der Waals surface area (Å²) in [7, 11) is 0. The van der Waals surface area contributed by atoms with Crippen molar-refractivity contribution in [1.82, 2.24) is 4.90 Å². The van der Waals surface area contributed by atoms with Crippen molar-refractivity contribution in [3.05, 3.63) is 59.7 Å². The Hall–Kier alpha value is -2.60. The van der Waals surface area contributed by atoms with Gasteiger partial charge in [-0.15, -0.1) is 11.8 Å². The average molecular weight is 380 g/mol. The minimum Gasteiger partial charge on any atom is -0.339 e. The monoisotopic (exact) mass is 380 g/mol. The molecule has 0 aromatic heterocycles. The normalized spacial score (nSPS) is 17.2. The molecule has 5 nitrogen and oxygen atoms in total. The van der Waals surface area contributed by atoms with Crippen LogP contribution in [0.3, 0.4) is 0 Å². The molecule has 0 aliphatic carbocycles. The van der Waals surface area contributed by atoms with Crippen LogP contribution in [0.4, 0.5) is 5.69 Å². The highest BCUT2D eigenvalue weighted by atomic mass is 32.2. The second-order valence-electron chi connectivity index (χ2n) is 6.84. The molecule has 27 heavy (non-hydrogen) atoms. The molecule has 0 unspecified atom stereocenters.